The van der Waals surface area contributed by atoms with E-state index in [2.05, 4.69) is 15.6 Å². The minimum Gasteiger partial charge on any atom is -0.436 e. The Morgan fingerprint density at radius 1 is 0.879 bits per heavy atom. The molecule has 0 fully saturated rings. The molecule has 5 rings (SSSR count). The SMILES string of the molecule is O=C(NC(=S)Nc1ccc2oc(-c3ccccc3Cl)nc2c1)c1cccc2c(Cl)cccc12. The zero-order valence-electron chi connectivity index (χ0n) is 16.9. The smallest absolute Gasteiger partial charge is 0.258 e. The van der Waals surface area contributed by atoms with Gasteiger partial charge in [-0.15, -0.1) is 0 Å². The second kappa shape index (κ2) is 8.83. The van der Waals surface area contributed by atoms with Gasteiger partial charge in [0.15, 0.2) is 10.7 Å². The summed E-state index contributed by atoms with van der Waals surface area (Å²) in [5, 5.41) is 8.59. The molecule has 162 valence electrons. The number of thiocarbonyl (C=S) groups is 1. The van der Waals surface area contributed by atoms with E-state index in [1.165, 1.54) is 0 Å². The molecule has 0 saturated heterocycles. The monoisotopic (exact) mass is 491 g/mol. The van der Waals surface area contributed by atoms with Crippen molar-refractivity contribution < 1.29 is 9.21 Å². The van der Waals surface area contributed by atoms with E-state index in [-0.39, 0.29) is 11.0 Å². The molecule has 2 N–H and O–H groups in total. The second-order valence-electron chi connectivity index (χ2n) is 7.23. The summed E-state index contributed by atoms with van der Waals surface area (Å²) < 4.78 is 5.83. The first-order valence-corrected chi connectivity index (χ1v) is 11.1. The molecule has 0 aliphatic heterocycles. The Kier molecular flexibility index (Phi) is 5.72. The molecule has 0 saturated carbocycles. The molecule has 0 aliphatic rings. The number of nitrogens with one attached hydrogen (secondary N) is 2. The van der Waals surface area contributed by atoms with Gasteiger partial charge < -0.3 is 9.73 Å². The summed E-state index contributed by atoms with van der Waals surface area (Å²) in [6, 6.07) is 23.5. The molecule has 0 aliphatic carbocycles. The van der Waals surface area contributed by atoms with Crippen molar-refractivity contribution in [3.05, 3.63) is 94.5 Å². The van der Waals surface area contributed by atoms with E-state index in [1.54, 1.807) is 42.5 Å². The molecule has 0 spiro atoms. The van der Waals surface area contributed by atoms with Gasteiger partial charge in [0.05, 0.1) is 10.6 Å². The molecular formula is C25H15Cl2N3O2S. The standard InChI is InChI=1S/C25H15Cl2N3O2S/c26-19-10-4-6-15-16(19)7-3-8-17(15)23(31)30-25(33)28-14-11-12-22-21(13-14)29-24(32-22)18-5-1-2-9-20(18)27/h1-13H,(H2,28,30,31,33). The van der Waals surface area contributed by atoms with Crippen molar-refractivity contribution >= 4 is 74.0 Å². The summed E-state index contributed by atoms with van der Waals surface area (Å²) >= 11 is 17.9. The number of halogens is 2. The lowest BCUT2D eigenvalue weighted by molar-refractivity contribution is 0.0979. The van der Waals surface area contributed by atoms with Crippen molar-refractivity contribution in [2.24, 2.45) is 0 Å². The van der Waals surface area contributed by atoms with Gasteiger partial charge in [0, 0.05) is 21.7 Å². The van der Waals surface area contributed by atoms with Gasteiger partial charge in [-0.3, -0.25) is 10.1 Å². The van der Waals surface area contributed by atoms with Crippen molar-refractivity contribution in [2.75, 3.05) is 5.32 Å². The summed E-state index contributed by atoms with van der Waals surface area (Å²) in [5.74, 6) is 0.0992. The Morgan fingerprint density at radius 2 is 1.64 bits per heavy atom. The fraction of sp³-hybridized carbons (Fsp3) is 0. The first-order valence-electron chi connectivity index (χ1n) is 9.95. The predicted octanol–water partition coefficient (Wildman–Crippen LogP) is 7.08. The van der Waals surface area contributed by atoms with Crippen LogP contribution in [0.15, 0.2) is 83.3 Å². The summed E-state index contributed by atoms with van der Waals surface area (Å²) in [5.41, 5.74) is 3.09. The van der Waals surface area contributed by atoms with Crippen LogP contribution in [0.2, 0.25) is 10.0 Å². The van der Waals surface area contributed by atoms with Gasteiger partial charge in [-0.25, -0.2) is 4.98 Å². The number of hydrogen-bond donors (Lipinski definition) is 2. The lowest BCUT2D eigenvalue weighted by Crippen LogP contribution is -2.34. The van der Waals surface area contributed by atoms with Gasteiger partial charge in [-0.1, -0.05) is 59.6 Å². The fourth-order valence-electron chi connectivity index (χ4n) is 3.56. The van der Waals surface area contributed by atoms with Crippen LogP contribution < -0.4 is 10.6 Å². The zero-order valence-corrected chi connectivity index (χ0v) is 19.3. The van der Waals surface area contributed by atoms with E-state index < -0.39 is 0 Å². The van der Waals surface area contributed by atoms with Crippen molar-refractivity contribution in [3.8, 4) is 11.5 Å². The number of nitrogens with zero attached hydrogens (tertiary/aromatic N) is 1. The molecule has 8 heteroatoms. The number of aromatic nitrogens is 1. The molecule has 0 unspecified atom stereocenters. The van der Waals surface area contributed by atoms with Crippen LogP contribution in [-0.2, 0) is 0 Å². The largest absolute Gasteiger partial charge is 0.436 e. The van der Waals surface area contributed by atoms with Crippen LogP contribution in [0.3, 0.4) is 0 Å². The average Bonchev–Trinajstić information content (AvgIpc) is 3.22. The Morgan fingerprint density at radius 3 is 2.48 bits per heavy atom. The van der Waals surface area contributed by atoms with E-state index in [1.807, 2.05) is 36.4 Å². The normalized spacial score (nSPS) is 11.0. The fourth-order valence-corrected chi connectivity index (χ4v) is 4.22. The van der Waals surface area contributed by atoms with Crippen LogP contribution in [0, 0.1) is 0 Å². The number of hydrogen-bond acceptors (Lipinski definition) is 4. The van der Waals surface area contributed by atoms with Crippen LogP contribution in [0.25, 0.3) is 33.3 Å². The Labute approximate surface area is 204 Å². The molecule has 5 aromatic rings. The minimum atomic E-state index is -0.330. The molecule has 4 aromatic carbocycles. The van der Waals surface area contributed by atoms with Crippen molar-refractivity contribution in [2.45, 2.75) is 0 Å². The molecule has 5 nitrogen and oxygen atoms in total. The van der Waals surface area contributed by atoms with Crippen LogP contribution in [-0.4, -0.2) is 16.0 Å². The third-order valence-corrected chi connectivity index (χ3v) is 5.95. The molecule has 0 radical (unpaired) electrons. The lowest BCUT2D eigenvalue weighted by Gasteiger charge is -2.11. The average molecular weight is 492 g/mol. The Bertz CT molecular complexity index is 1550. The van der Waals surface area contributed by atoms with E-state index >= 15 is 0 Å². The maximum absolute atomic E-state index is 12.9. The highest BCUT2D eigenvalue weighted by Crippen LogP contribution is 2.31. The molecule has 33 heavy (non-hydrogen) atoms. The highest BCUT2D eigenvalue weighted by molar-refractivity contribution is 7.80. The van der Waals surface area contributed by atoms with Crippen LogP contribution in [0.5, 0.6) is 0 Å². The van der Waals surface area contributed by atoms with E-state index in [0.29, 0.717) is 43.9 Å². The first-order chi connectivity index (χ1) is 16.0. The zero-order chi connectivity index (χ0) is 22.9. The van der Waals surface area contributed by atoms with Gasteiger partial charge in [0.25, 0.3) is 5.91 Å². The summed E-state index contributed by atoms with van der Waals surface area (Å²) in [6.45, 7) is 0. The number of carbonyl (C=O) groups excluding carboxylic acids is 1. The number of fused-ring (bicyclic) bond motifs is 2. The van der Waals surface area contributed by atoms with Gasteiger partial charge >= 0.3 is 0 Å². The highest BCUT2D eigenvalue weighted by atomic mass is 35.5. The molecule has 1 aromatic heterocycles. The van der Waals surface area contributed by atoms with E-state index in [4.69, 9.17) is 39.8 Å². The maximum Gasteiger partial charge on any atom is 0.258 e. The summed E-state index contributed by atoms with van der Waals surface area (Å²) in [7, 11) is 0. The number of benzene rings is 4. The third-order valence-electron chi connectivity index (χ3n) is 5.09. The van der Waals surface area contributed by atoms with Gasteiger partial charge in [0.1, 0.15) is 5.52 Å². The van der Waals surface area contributed by atoms with Gasteiger partial charge in [0.2, 0.25) is 5.89 Å². The Hall–Kier alpha value is -3.45. The predicted molar refractivity (Wildman–Crippen MR) is 137 cm³/mol. The first kappa shape index (κ1) is 21.4. The maximum atomic E-state index is 12.9. The van der Waals surface area contributed by atoms with E-state index in [9.17, 15) is 4.79 Å². The molecule has 1 amide bonds. The van der Waals surface area contributed by atoms with Crippen LogP contribution in [0.4, 0.5) is 5.69 Å². The number of rotatable bonds is 3. The third kappa shape index (κ3) is 4.28. The van der Waals surface area contributed by atoms with Crippen molar-refractivity contribution in [3.63, 3.8) is 0 Å². The lowest BCUT2D eigenvalue weighted by atomic mass is 10.0. The number of oxazole rings is 1. The van der Waals surface area contributed by atoms with Crippen molar-refractivity contribution in [1.82, 2.24) is 10.3 Å². The minimum absolute atomic E-state index is 0.160. The van der Waals surface area contributed by atoms with Crippen LogP contribution in [0.1, 0.15) is 10.4 Å². The summed E-state index contributed by atoms with van der Waals surface area (Å²) in [4.78, 5) is 17.4. The molecule has 0 atom stereocenters. The second-order valence-corrected chi connectivity index (χ2v) is 8.45. The molecule has 0 bridgehead atoms. The number of anilines is 1. The molecule has 1 heterocycles. The van der Waals surface area contributed by atoms with Crippen LogP contribution >= 0.6 is 35.4 Å². The topological polar surface area (TPSA) is 67.2 Å². The van der Waals surface area contributed by atoms with E-state index in [0.717, 1.165) is 10.8 Å². The van der Waals surface area contributed by atoms with Gasteiger partial charge in [-0.2, -0.15) is 0 Å². The quantitative estimate of drug-likeness (QED) is 0.264. The summed E-state index contributed by atoms with van der Waals surface area (Å²) in [6.07, 6.45) is 0. The Balaban J connectivity index is 1.35. The highest BCUT2D eigenvalue weighted by Gasteiger charge is 2.14. The van der Waals surface area contributed by atoms with Crippen molar-refractivity contribution in [1.29, 1.82) is 0 Å². The molecular weight excluding hydrogens is 477 g/mol. The van der Waals surface area contributed by atoms with Gasteiger partial charge in [-0.05, 0) is 60.1 Å². The number of carbonyl (C=O) groups is 1. The number of amides is 1.